The molecule has 0 aliphatic rings. The highest BCUT2D eigenvalue weighted by Gasteiger charge is 2.32. The number of carbonyl (C=O) groups excluding carboxylic acids is 2. The molecule has 0 fully saturated rings. The lowest BCUT2D eigenvalue weighted by atomic mass is 10.0. The summed E-state index contributed by atoms with van der Waals surface area (Å²) in [6.45, 7) is 1.50. The molecule has 0 aliphatic heterocycles. The quantitative estimate of drug-likeness (QED) is 0.425. The highest BCUT2D eigenvalue weighted by molar-refractivity contribution is 6.02. The number of aliphatic carboxylic acids is 1. The van der Waals surface area contributed by atoms with Gasteiger partial charge < -0.3 is 21.5 Å². The van der Waals surface area contributed by atoms with Crippen LogP contribution in [0.25, 0.3) is 0 Å². The van der Waals surface area contributed by atoms with E-state index in [1.807, 2.05) is 13.0 Å². The molecule has 0 radical (unpaired) electrons. The summed E-state index contributed by atoms with van der Waals surface area (Å²) < 4.78 is 0. The smallest absolute Gasteiger partial charge is 0.331 e. The van der Waals surface area contributed by atoms with Gasteiger partial charge in [-0.1, -0.05) is 42.5 Å². The Labute approximate surface area is 185 Å². The summed E-state index contributed by atoms with van der Waals surface area (Å²) in [5.41, 5.74) is 8.53. The van der Waals surface area contributed by atoms with Crippen molar-refractivity contribution in [3.63, 3.8) is 0 Å². The van der Waals surface area contributed by atoms with E-state index in [1.54, 1.807) is 72.8 Å². The topological polar surface area (TPSA) is 125 Å². The van der Waals surface area contributed by atoms with E-state index in [2.05, 4.69) is 10.6 Å². The number of nitrogens with one attached hydrogen (secondary N) is 2. The van der Waals surface area contributed by atoms with Gasteiger partial charge in [0, 0.05) is 17.1 Å². The van der Waals surface area contributed by atoms with Gasteiger partial charge in [-0.2, -0.15) is 0 Å². The molecular formula is C24H24N4O4. The first-order chi connectivity index (χ1) is 15.3. The normalized spacial score (nSPS) is 11.3. The number of amides is 3. The second-order valence-electron chi connectivity index (χ2n) is 7.18. The van der Waals surface area contributed by atoms with Gasteiger partial charge in [0.05, 0.1) is 6.54 Å². The van der Waals surface area contributed by atoms with E-state index in [1.165, 1.54) is 0 Å². The molecule has 164 valence electrons. The second kappa shape index (κ2) is 10.1. The van der Waals surface area contributed by atoms with Crippen molar-refractivity contribution in [3.8, 4) is 0 Å². The molecule has 0 heterocycles. The van der Waals surface area contributed by atoms with Crippen molar-refractivity contribution < 1.29 is 19.5 Å². The fourth-order valence-corrected chi connectivity index (χ4v) is 3.25. The van der Waals surface area contributed by atoms with Crippen LogP contribution in [0.2, 0.25) is 0 Å². The number of nitrogen functional groups attached to an aromatic ring is 1. The molecule has 5 N–H and O–H groups in total. The number of hydrogen-bond acceptors (Lipinski definition) is 4. The van der Waals surface area contributed by atoms with Crippen LogP contribution in [0.3, 0.4) is 0 Å². The van der Waals surface area contributed by atoms with Crippen molar-refractivity contribution in [1.29, 1.82) is 0 Å². The van der Waals surface area contributed by atoms with Gasteiger partial charge in [-0.15, -0.1) is 0 Å². The van der Waals surface area contributed by atoms with Crippen molar-refractivity contribution in [3.05, 3.63) is 90.0 Å². The summed E-state index contributed by atoms with van der Waals surface area (Å²) in [7, 11) is 0. The van der Waals surface area contributed by atoms with Crippen molar-refractivity contribution in [2.45, 2.75) is 13.0 Å². The van der Waals surface area contributed by atoms with E-state index in [-0.39, 0.29) is 0 Å². The first kappa shape index (κ1) is 22.4. The fraction of sp³-hybridized carbons (Fsp3) is 0.125. The van der Waals surface area contributed by atoms with Crippen molar-refractivity contribution >= 4 is 35.0 Å². The van der Waals surface area contributed by atoms with Crippen LogP contribution in [-0.4, -0.2) is 29.6 Å². The number of carboxylic acids is 1. The lowest BCUT2D eigenvalue weighted by molar-refractivity contribution is -0.140. The van der Waals surface area contributed by atoms with Crippen molar-refractivity contribution in [2.75, 3.05) is 22.5 Å². The van der Waals surface area contributed by atoms with Gasteiger partial charge in [0.25, 0.3) is 0 Å². The van der Waals surface area contributed by atoms with E-state index in [9.17, 15) is 19.5 Å². The van der Waals surface area contributed by atoms with Crippen LogP contribution in [0.4, 0.5) is 21.9 Å². The molecule has 0 aliphatic carbocycles. The summed E-state index contributed by atoms with van der Waals surface area (Å²) in [4.78, 5) is 38.8. The third kappa shape index (κ3) is 5.63. The molecule has 32 heavy (non-hydrogen) atoms. The molecule has 3 aromatic rings. The number of nitrogens with two attached hydrogens (primary N) is 1. The average molecular weight is 432 g/mol. The van der Waals surface area contributed by atoms with E-state index >= 15 is 0 Å². The molecule has 0 bridgehead atoms. The van der Waals surface area contributed by atoms with Gasteiger partial charge in [0.15, 0.2) is 6.04 Å². The van der Waals surface area contributed by atoms with Crippen molar-refractivity contribution in [2.24, 2.45) is 0 Å². The highest BCUT2D eigenvalue weighted by Crippen LogP contribution is 2.28. The number of anilines is 3. The molecule has 0 aromatic heterocycles. The number of carboxylic acid groups (broad SMARTS) is 1. The second-order valence-corrected chi connectivity index (χ2v) is 7.18. The fourth-order valence-electron chi connectivity index (χ4n) is 3.25. The van der Waals surface area contributed by atoms with E-state index in [0.717, 1.165) is 10.5 Å². The summed E-state index contributed by atoms with van der Waals surface area (Å²) in [6.07, 6.45) is 0. The SMILES string of the molecule is Cc1cccc(NC(=O)NCC(=O)N(c2ccccc2)[C@H](C(=O)O)c2ccc(N)cc2)c1. The Kier molecular flexibility index (Phi) is 7.07. The molecular weight excluding hydrogens is 408 g/mol. The number of aryl methyl sites for hydroxylation is 1. The van der Waals surface area contributed by atoms with Crippen molar-refractivity contribution in [1.82, 2.24) is 5.32 Å². The third-order valence-corrected chi connectivity index (χ3v) is 4.72. The molecule has 0 spiro atoms. The summed E-state index contributed by atoms with van der Waals surface area (Å²) >= 11 is 0. The van der Waals surface area contributed by atoms with Crippen LogP contribution >= 0.6 is 0 Å². The Hall–Kier alpha value is -4.33. The van der Waals surface area contributed by atoms with Gasteiger partial charge in [-0.3, -0.25) is 9.69 Å². The number of nitrogens with zero attached hydrogens (tertiary/aromatic N) is 1. The predicted molar refractivity (Wildman–Crippen MR) is 123 cm³/mol. The molecule has 0 saturated heterocycles. The Bertz CT molecular complexity index is 1100. The molecule has 1 atom stereocenters. The first-order valence-electron chi connectivity index (χ1n) is 9.92. The molecule has 3 rings (SSSR count). The highest BCUT2D eigenvalue weighted by atomic mass is 16.4. The number of rotatable bonds is 7. The molecule has 0 saturated carbocycles. The third-order valence-electron chi connectivity index (χ3n) is 4.72. The Morgan fingerprint density at radius 3 is 2.28 bits per heavy atom. The summed E-state index contributed by atoms with van der Waals surface area (Å²) in [5.74, 6) is -1.80. The van der Waals surface area contributed by atoms with Crippen LogP contribution in [0.5, 0.6) is 0 Å². The average Bonchev–Trinajstić information content (AvgIpc) is 2.77. The van der Waals surface area contributed by atoms with Crippen LogP contribution in [-0.2, 0) is 9.59 Å². The Balaban J connectivity index is 1.81. The standard InChI is InChI=1S/C24H24N4O4/c1-16-6-5-7-19(14-16)27-24(32)26-15-21(29)28(20-8-3-2-4-9-20)22(23(30)31)17-10-12-18(25)13-11-17/h2-14,22H,15,25H2,1H3,(H,30,31)(H2,26,27,32)/t22-/m0/s1. The number of carbonyl (C=O) groups is 3. The zero-order valence-corrected chi connectivity index (χ0v) is 17.5. The number of hydrogen-bond donors (Lipinski definition) is 4. The van der Waals surface area contributed by atoms with Crippen LogP contribution in [0, 0.1) is 6.92 Å². The van der Waals surface area contributed by atoms with E-state index in [0.29, 0.717) is 22.6 Å². The van der Waals surface area contributed by atoms with Gasteiger partial charge >= 0.3 is 12.0 Å². The Morgan fingerprint density at radius 1 is 0.969 bits per heavy atom. The van der Waals surface area contributed by atoms with Gasteiger partial charge in [0.1, 0.15) is 0 Å². The first-order valence-corrected chi connectivity index (χ1v) is 9.92. The number of urea groups is 1. The lowest BCUT2D eigenvalue weighted by Crippen LogP contribution is -2.45. The minimum absolute atomic E-state index is 0.383. The van der Waals surface area contributed by atoms with E-state index < -0.39 is 30.5 Å². The van der Waals surface area contributed by atoms with Gasteiger partial charge in [-0.05, 0) is 54.4 Å². The maximum absolute atomic E-state index is 13.1. The lowest BCUT2D eigenvalue weighted by Gasteiger charge is -2.29. The molecule has 8 heteroatoms. The molecule has 8 nitrogen and oxygen atoms in total. The minimum atomic E-state index is -1.30. The zero-order valence-electron chi connectivity index (χ0n) is 17.5. The molecule has 3 amide bonds. The largest absolute Gasteiger partial charge is 0.479 e. The maximum Gasteiger partial charge on any atom is 0.331 e. The van der Waals surface area contributed by atoms with Crippen LogP contribution in [0.15, 0.2) is 78.9 Å². The van der Waals surface area contributed by atoms with E-state index in [4.69, 9.17) is 5.73 Å². The molecule has 3 aromatic carbocycles. The maximum atomic E-state index is 13.1. The van der Waals surface area contributed by atoms with Crippen LogP contribution in [0.1, 0.15) is 17.2 Å². The number of benzene rings is 3. The van der Waals surface area contributed by atoms with Gasteiger partial charge in [0.2, 0.25) is 5.91 Å². The predicted octanol–water partition coefficient (Wildman–Crippen LogP) is 3.56. The summed E-state index contributed by atoms with van der Waals surface area (Å²) in [5, 5.41) is 15.1. The summed E-state index contributed by atoms with van der Waals surface area (Å²) in [6, 6.07) is 20.1. The van der Waals surface area contributed by atoms with Crippen LogP contribution < -0.4 is 21.3 Å². The zero-order chi connectivity index (χ0) is 23.1. The molecule has 0 unspecified atom stereocenters. The number of para-hydroxylation sites is 1. The van der Waals surface area contributed by atoms with Gasteiger partial charge in [-0.25, -0.2) is 9.59 Å². The minimum Gasteiger partial charge on any atom is -0.479 e. The Morgan fingerprint density at radius 2 is 1.66 bits per heavy atom. The monoisotopic (exact) mass is 432 g/mol.